The van der Waals surface area contributed by atoms with Gasteiger partial charge in [-0.2, -0.15) is 0 Å². The van der Waals surface area contributed by atoms with Crippen LogP contribution in [0.1, 0.15) is 10.6 Å². The first-order valence-corrected chi connectivity index (χ1v) is 8.76. The summed E-state index contributed by atoms with van der Waals surface area (Å²) in [7, 11) is -0.345. The Morgan fingerprint density at radius 3 is 2.71 bits per heavy atom. The van der Waals surface area contributed by atoms with Crippen molar-refractivity contribution in [2.24, 2.45) is 0 Å². The van der Waals surface area contributed by atoms with Gasteiger partial charge in [0.05, 0.1) is 17.0 Å². The molecule has 0 spiro atoms. The van der Waals surface area contributed by atoms with E-state index in [1.807, 2.05) is 5.38 Å². The molecule has 0 radical (unpaired) electrons. The fourth-order valence-electron chi connectivity index (χ4n) is 1.96. The molecule has 1 heterocycles. The zero-order chi connectivity index (χ0) is 15.5. The van der Waals surface area contributed by atoms with Gasteiger partial charge in [-0.3, -0.25) is 0 Å². The summed E-state index contributed by atoms with van der Waals surface area (Å²) in [6.07, 6.45) is 2.34. The molecular weight excluding hydrogens is 308 g/mol. The molecule has 0 saturated heterocycles. The van der Waals surface area contributed by atoms with Crippen molar-refractivity contribution in [3.05, 3.63) is 40.3 Å². The van der Waals surface area contributed by atoms with E-state index < -0.39 is 10.0 Å². The SMILES string of the molecule is COc1ccc(S(=O)(=O)N(C)CCc2nccs2)c(C)c1. The highest BCUT2D eigenvalue weighted by Gasteiger charge is 2.22. The normalized spacial score (nSPS) is 11.8. The van der Waals surface area contributed by atoms with E-state index in [0.717, 1.165) is 5.01 Å². The lowest BCUT2D eigenvalue weighted by Crippen LogP contribution is -2.29. The van der Waals surface area contributed by atoms with E-state index in [0.29, 0.717) is 29.2 Å². The van der Waals surface area contributed by atoms with Gasteiger partial charge in [0.2, 0.25) is 10.0 Å². The van der Waals surface area contributed by atoms with Crippen LogP contribution < -0.4 is 4.74 Å². The molecule has 1 aromatic heterocycles. The third kappa shape index (κ3) is 3.61. The maximum Gasteiger partial charge on any atom is 0.243 e. The van der Waals surface area contributed by atoms with Crippen LogP contribution in [0.4, 0.5) is 0 Å². The molecule has 0 unspecified atom stereocenters. The van der Waals surface area contributed by atoms with Gasteiger partial charge in [-0.25, -0.2) is 17.7 Å². The molecule has 0 N–H and O–H groups in total. The Morgan fingerprint density at radius 1 is 1.38 bits per heavy atom. The number of ether oxygens (including phenoxy) is 1. The van der Waals surface area contributed by atoms with Crippen LogP contribution in [0.3, 0.4) is 0 Å². The van der Waals surface area contributed by atoms with E-state index in [1.54, 1.807) is 45.5 Å². The lowest BCUT2D eigenvalue weighted by Gasteiger charge is -2.18. The van der Waals surface area contributed by atoms with Crippen molar-refractivity contribution in [2.75, 3.05) is 20.7 Å². The third-order valence-corrected chi connectivity index (χ3v) is 6.05. The summed E-state index contributed by atoms with van der Waals surface area (Å²) >= 11 is 1.53. The lowest BCUT2D eigenvalue weighted by molar-refractivity contribution is 0.414. The van der Waals surface area contributed by atoms with Gasteiger partial charge in [-0.05, 0) is 30.7 Å². The average molecular weight is 326 g/mol. The Balaban J connectivity index is 2.16. The highest BCUT2D eigenvalue weighted by atomic mass is 32.2. The van der Waals surface area contributed by atoms with Crippen LogP contribution in [0.5, 0.6) is 5.75 Å². The zero-order valence-electron chi connectivity index (χ0n) is 12.2. The molecule has 0 aliphatic carbocycles. The van der Waals surface area contributed by atoms with E-state index in [1.165, 1.54) is 15.6 Å². The van der Waals surface area contributed by atoms with Crippen LogP contribution in [-0.4, -0.2) is 38.4 Å². The van der Waals surface area contributed by atoms with E-state index >= 15 is 0 Å². The second-order valence-electron chi connectivity index (χ2n) is 4.63. The van der Waals surface area contributed by atoms with Gasteiger partial charge in [-0.15, -0.1) is 11.3 Å². The number of aryl methyl sites for hydroxylation is 1. The summed E-state index contributed by atoms with van der Waals surface area (Å²) in [5.74, 6) is 0.650. The van der Waals surface area contributed by atoms with E-state index in [2.05, 4.69) is 4.98 Å². The Bertz CT molecular complexity index is 697. The molecule has 114 valence electrons. The molecule has 7 heteroatoms. The molecule has 0 aliphatic rings. The van der Waals surface area contributed by atoms with Gasteiger partial charge in [-0.1, -0.05) is 0 Å². The second kappa shape index (κ2) is 6.55. The minimum atomic E-state index is -3.49. The number of hydrogen-bond acceptors (Lipinski definition) is 5. The summed E-state index contributed by atoms with van der Waals surface area (Å²) in [4.78, 5) is 4.47. The van der Waals surface area contributed by atoms with Gasteiger partial charge >= 0.3 is 0 Å². The smallest absolute Gasteiger partial charge is 0.243 e. The quantitative estimate of drug-likeness (QED) is 0.817. The van der Waals surface area contributed by atoms with E-state index in [4.69, 9.17) is 4.74 Å². The maximum absolute atomic E-state index is 12.6. The number of benzene rings is 1. The molecule has 0 aliphatic heterocycles. The Labute approximate surface area is 129 Å². The van der Waals surface area contributed by atoms with Gasteiger partial charge in [0, 0.05) is 31.6 Å². The first kappa shape index (κ1) is 15.9. The summed E-state index contributed by atoms with van der Waals surface area (Å²) in [5.41, 5.74) is 0.676. The molecule has 0 fully saturated rings. The average Bonchev–Trinajstić information content (AvgIpc) is 2.97. The Morgan fingerprint density at radius 2 is 2.14 bits per heavy atom. The molecular formula is C14H18N2O3S2. The molecule has 5 nitrogen and oxygen atoms in total. The van der Waals surface area contributed by atoms with Crippen LogP contribution >= 0.6 is 11.3 Å². The third-order valence-electron chi connectivity index (χ3n) is 3.19. The fourth-order valence-corrected chi connectivity index (χ4v) is 3.94. The number of sulfonamides is 1. The van der Waals surface area contributed by atoms with Gasteiger partial charge in [0.1, 0.15) is 5.75 Å². The summed E-state index contributed by atoms with van der Waals surface area (Å²) < 4.78 is 31.6. The largest absolute Gasteiger partial charge is 0.497 e. The van der Waals surface area contributed by atoms with Crippen molar-refractivity contribution in [1.82, 2.24) is 9.29 Å². The van der Waals surface area contributed by atoms with Crippen LogP contribution in [0, 0.1) is 6.92 Å². The highest BCUT2D eigenvalue weighted by molar-refractivity contribution is 7.89. The predicted molar refractivity (Wildman–Crippen MR) is 83.4 cm³/mol. The predicted octanol–water partition coefficient (Wildman–Crippen LogP) is 2.32. The van der Waals surface area contributed by atoms with Crippen molar-refractivity contribution in [3.8, 4) is 5.75 Å². The topological polar surface area (TPSA) is 59.5 Å². The van der Waals surface area contributed by atoms with Gasteiger partial charge in [0.15, 0.2) is 0 Å². The van der Waals surface area contributed by atoms with Crippen molar-refractivity contribution >= 4 is 21.4 Å². The van der Waals surface area contributed by atoms with Gasteiger partial charge < -0.3 is 4.74 Å². The number of hydrogen-bond donors (Lipinski definition) is 0. The number of rotatable bonds is 6. The number of aromatic nitrogens is 1. The van der Waals surface area contributed by atoms with Crippen LogP contribution in [0.15, 0.2) is 34.7 Å². The summed E-state index contributed by atoms with van der Waals surface area (Å²) in [5, 5.41) is 2.82. The van der Waals surface area contributed by atoms with Crippen molar-refractivity contribution < 1.29 is 13.2 Å². The minimum absolute atomic E-state index is 0.310. The second-order valence-corrected chi connectivity index (χ2v) is 7.63. The van der Waals surface area contributed by atoms with E-state index in [-0.39, 0.29) is 0 Å². The van der Waals surface area contributed by atoms with Gasteiger partial charge in [0.25, 0.3) is 0 Å². The monoisotopic (exact) mass is 326 g/mol. The molecule has 0 atom stereocenters. The molecule has 2 rings (SSSR count). The number of likely N-dealkylation sites (N-methyl/N-ethyl adjacent to an activating group) is 1. The number of thiazole rings is 1. The van der Waals surface area contributed by atoms with Crippen molar-refractivity contribution in [1.29, 1.82) is 0 Å². The Kier molecular flexibility index (Phi) is 4.97. The van der Waals surface area contributed by atoms with Crippen molar-refractivity contribution in [3.63, 3.8) is 0 Å². The zero-order valence-corrected chi connectivity index (χ0v) is 13.9. The summed E-state index contributed by atoms with van der Waals surface area (Å²) in [6.45, 7) is 2.17. The highest BCUT2D eigenvalue weighted by Crippen LogP contribution is 2.23. The first-order chi connectivity index (χ1) is 9.95. The maximum atomic E-state index is 12.6. The molecule has 0 saturated carbocycles. The standard InChI is InChI=1S/C14H18N2O3S2/c1-11-10-12(19-3)4-5-13(11)21(17,18)16(2)8-6-14-15-7-9-20-14/h4-5,7,9-10H,6,8H2,1-3H3. The van der Waals surface area contributed by atoms with Crippen LogP contribution in [0.25, 0.3) is 0 Å². The first-order valence-electron chi connectivity index (χ1n) is 6.44. The Hall–Kier alpha value is -1.44. The molecule has 0 amide bonds. The minimum Gasteiger partial charge on any atom is -0.497 e. The molecule has 1 aromatic carbocycles. The summed E-state index contributed by atoms with van der Waals surface area (Å²) in [6, 6.07) is 4.97. The van der Waals surface area contributed by atoms with Crippen LogP contribution in [-0.2, 0) is 16.4 Å². The van der Waals surface area contributed by atoms with Crippen LogP contribution in [0.2, 0.25) is 0 Å². The van der Waals surface area contributed by atoms with E-state index in [9.17, 15) is 8.42 Å². The molecule has 2 aromatic rings. The van der Waals surface area contributed by atoms with Crippen molar-refractivity contribution in [2.45, 2.75) is 18.2 Å². The molecule has 0 bridgehead atoms. The fraction of sp³-hybridized carbons (Fsp3) is 0.357. The number of methoxy groups -OCH3 is 1. The lowest BCUT2D eigenvalue weighted by atomic mass is 10.2. The molecule has 21 heavy (non-hydrogen) atoms. The number of nitrogens with zero attached hydrogens (tertiary/aromatic N) is 2.